The van der Waals surface area contributed by atoms with Gasteiger partial charge in [-0.2, -0.15) is 0 Å². The Bertz CT molecular complexity index is 369. The maximum Gasteiger partial charge on any atom is 0.150 e. The van der Waals surface area contributed by atoms with E-state index in [1.165, 1.54) is 12.8 Å². The molecular weight excluding hydrogens is 309 g/mol. The highest BCUT2D eigenvalue weighted by Crippen LogP contribution is 2.10. The van der Waals surface area contributed by atoms with Crippen LogP contribution in [0.3, 0.4) is 0 Å². The van der Waals surface area contributed by atoms with Gasteiger partial charge in [-0.3, -0.25) is 4.79 Å². The third-order valence-electron chi connectivity index (χ3n) is 2.61. The predicted molar refractivity (Wildman–Crippen MR) is 99.8 cm³/mol. The molecule has 0 atom stereocenters. The number of benzene rings is 1. The first kappa shape index (κ1) is 27.1. The van der Waals surface area contributed by atoms with Crippen molar-refractivity contribution in [3.05, 3.63) is 29.8 Å². The molecule has 24 heavy (non-hydrogen) atoms. The molecule has 0 aliphatic heterocycles. The van der Waals surface area contributed by atoms with Crippen LogP contribution in [0.4, 0.5) is 4.39 Å². The van der Waals surface area contributed by atoms with E-state index in [0.29, 0.717) is 11.3 Å². The highest BCUT2D eigenvalue weighted by atomic mass is 19.1. The third-order valence-corrected chi connectivity index (χ3v) is 2.61. The molecule has 0 aromatic heterocycles. The summed E-state index contributed by atoms with van der Waals surface area (Å²) in [6, 6.07) is 6.53. The quantitative estimate of drug-likeness (QED) is 0.503. The molecule has 0 radical (unpaired) electrons. The van der Waals surface area contributed by atoms with Gasteiger partial charge in [-0.05, 0) is 50.7 Å². The van der Waals surface area contributed by atoms with Crippen LogP contribution in [0.5, 0.6) is 5.75 Å². The normalized spacial score (nSPS) is 8.50. The molecule has 1 aromatic carbocycles. The van der Waals surface area contributed by atoms with Crippen LogP contribution >= 0.6 is 0 Å². The molecular formula is C19H34FNO3. The fourth-order valence-electron chi connectivity index (χ4n) is 1.51. The Kier molecular flexibility index (Phi) is 26.6. The lowest BCUT2D eigenvalue weighted by atomic mass is 10.2. The van der Waals surface area contributed by atoms with Gasteiger partial charge in [0.15, 0.2) is 0 Å². The summed E-state index contributed by atoms with van der Waals surface area (Å²) in [5, 5.41) is 3.06. The van der Waals surface area contributed by atoms with Crippen LogP contribution in [0.15, 0.2) is 24.3 Å². The summed E-state index contributed by atoms with van der Waals surface area (Å²) in [4.78, 5) is 20.1. The van der Waals surface area contributed by atoms with E-state index in [-0.39, 0.29) is 14.0 Å². The van der Waals surface area contributed by atoms with Gasteiger partial charge in [0.25, 0.3) is 0 Å². The van der Waals surface area contributed by atoms with Crippen molar-refractivity contribution >= 4 is 12.6 Å². The first-order chi connectivity index (χ1) is 11.3. The molecule has 4 nitrogen and oxygen atoms in total. The van der Waals surface area contributed by atoms with Crippen LogP contribution in [-0.4, -0.2) is 39.4 Å². The number of hydrogen-bond donors (Lipinski definition) is 1. The topological polar surface area (TPSA) is 55.4 Å². The van der Waals surface area contributed by atoms with Gasteiger partial charge in [0.2, 0.25) is 0 Å². The molecule has 0 aliphatic carbocycles. The minimum atomic E-state index is -0.505. The SMILES string of the molecule is C.CC.CNCCCCCC=O.O=Cc1ccc(OCCF)cc1. The predicted octanol–water partition coefficient (Wildman–Crippen LogP) is 4.47. The molecule has 1 rings (SSSR count). The molecule has 1 N–H and O–H groups in total. The Morgan fingerprint density at radius 1 is 1.08 bits per heavy atom. The number of alkyl halides is 1. The molecule has 0 amide bonds. The van der Waals surface area contributed by atoms with Gasteiger partial charge in [-0.1, -0.05) is 27.7 Å². The van der Waals surface area contributed by atoms with Crippen molar-refractivity contribution < 1.29 is 18.7 Å². The monoisotopic (exact) mass is 343 g/mol. The molecule has 0 aliphatic rings. The van der Waals surface area contributed by atoms with Crippen LogP contribution < -0.4 is 10.1 Å². The summed E-state index contributed by atoms with van der Waals surface area (Å²) < 4.78 is 16.6. The van der Waals surface area contributed by atoms with Crippen molar-refractivity contribution in [2.75, 3.05) is 26.9 Å². The van der Waals surface area contributed by atoms with Crippen LogP contribution in [0.1, 0.15) is 57.3 Å². The van der Waals surface area contributed by atoms with Gasteiger partial charge in [0, 0.05) is 12.0 Å². The number of rotatable bonds is 10. The van der Waals surface area contributed by atoms with E-state index in [1.54, 1.807) is 24.3 Å². The van der Waals surface area contributed by atoms with E-state index in [2.05, 4.69) is 5.32 Å². The highest BCUT2D eigenvalue weighted by Gasteiger charge is 1.93. The molecule has 0 fully saturated rings. The Labute approximate surface area is 146 Å². The largest absolute Gasteiger partial charge is 0.491 e. The van der Waals surface area contributed by atoms with Gasteiger partial charge in [0.1, 0.15) is 31.6 Å². The Morgan fingerprint density at radius 2 is 1.71 bits per heavy atom. The average Bonchev–Trinajstić information content (AvgIpc) is 2.62. The van der Waals surface area contributed by atoms with Crippen molar-refractivity contribution in [1.82, 2.24) is 5.32 Å². The van der Waals surface area contributed by atoms with Crippen molar-refractivity contribution in [2.24, 2.45) is 0 Å². The highest BCUT2D eigenvalue weighted by molar-refractivity contribution is 5.74. The van der Waals surface area contributed by atoms with E-state index >= 15 is 0 Å². The van der Waals surface area contributed by atoms with Crippen LogP contribution in [0, 0.1) is 0 Å². The summed E-state index contributed by atoms with van der Waals surface area (Å²) in [5.41, 5.74) is 0.586. The maximum absolute atomic E-state index is 11.6. The van der Waals surface area contributed by atoms with E-state index in [9.17, 15) is 14.0 Å². The van der Waals surface area contributed by atoms with Gasteiger partial charge < -0.3 is 14.8 Å². The number of hydrogen-bond acceptors (Lipinski definition) is 4. The summed E-state index contributed by atoms with van der Waals surface area (Å²) in [5.74, 6) is 0.582. The van der Waals surface area contributed by atoms with Gasteiger partial charge in [0.05, 0.1) is 0 Å². The molecule has 5 heteroatoms. The van der Waals surface area contributed by atoms with Crippen molar-refractivity contribution in [2.45, 2.75) is 47.0 Å². The number of ether oxygens (including phenoxy) is 1. The number of carbonyl (C=O) groups is 2. The Morgan fingerprint density at radius 3 is 2.17 bits per heavy atom. The zero-order valence-electron chi connectivity index (χ0n) is 14.5. The minimum absolute atomic E-state index is 0. The summed E-state index contributed by atoms with van der Waals surface area (Å²) >= 11 is 0. The van der Waals surface area contributed by atoms with Crippen LogP contribution in [0.25, 0.3) is 0 Å². The number of unbranched alkanes of at least 4 members (excludes halogenated alkanes) is 3. The molecule has 0 bridgehead atoms. The number of nitrogens with one attached hydrogen (secondary N) is 1. The van der Waals surface area contributed by atoms with Gasteiger partial charge in [-0.15, -0.1) is 0 Å². The van der Waals surface area contributed by atoms with E-state index in [0.717, 1.165) is 32.0 Å². The van der Waals surface area contributed by atoms with Crippen molar-refractivity contribution in [1.29, 1.82) is 0 Å². The first-order valence-electron chi connectivity index (χ1n) is 8.10. The lowest BCUT2D eigenvalue weighted by molar-refractivity contribution is -0.107. The molecule has 0 saturated heterocycles. The molecule has 0 unspecified atom stereocenters. The first-order valence-corrected chi connectivity index (χ1v) is 8.10. The average molecular weight is 343 g/mol. The maximum atomic E-state index is 11.6. The minimum Gasteiger partial charge on any atom is -0.491 e. The molecule has 0 heterocycles. The van der Waals surface area contributed by atoms with Crippen LogP contribution in [-0.2, 0) is 4.79 Å². The smallest absolute Gasteiger partial charge is 0.150 e. The Hall–Kier alpha value is -1.75. The molecule has 1 aromatic rings. The van der Waals surface area contributed by atoms with E-state index < -0.39 is 6.67 Å². The lowest BCUT2D eigenvalue weighted by Gasteiger charge is -2.01. The van der Waals surface area contributed by atoms with Gasteiger partial charge in [-0.25, -0.2) is 4.39 Å². The third kappa shape index (κ3) is 18.3. The summed E-state index contributed by atoms with van der Waals surface area (Å²) in [6.45, 7) is 4.62. The summed E-state index contributed by atoms with van der Waals surface area (Å²) in [6.07, 6.45) is 5.86. The van der Waals surface area contributed by atoms with Gasteiger partial charge >= 0.3 is 0 Å². The molecule has 0 spiro atoms. The Balaban J connectivity index is -0.000000332. The zero-order chi connectivity index (χ0) is 17.8. The number of halogens is 1. The standard InChI is InChI=1S/C9H9FO2.C7H15NO.C2H6.CH4/c10-5-6-12-9-3-1-8(7-11)2-4-9;1-8-6-4-2-3-5-7-9;1-2;/h1-4,7H,5-6H2;7-8H,2-6H2,1H3;1-2H3;1H4. The van der Waals surface area contributed by atoms with E-state index in [4.69, 9.17) is 4.74 Å². The molecule has 0 saturated carbocycles. The fraction of sp³-hybridized carbons (Fsp3) is 0.579. The zero-order valence-corrected chi connectivity index (χ0v) is 14.5. The molecule has 140 valence electrons. The second-order valence-corrected chi connectivity index (χ2v) is 4.34. The second-order valence-electron chi connectivity index (χ2n) is 4.34. The van der Waals surface area contributed by atoms with E-state index in [1.807, 2.05) is 20.9 Å². The summed E-state index contributed by atoms with van der Waals surface area (Å²) in [7, 11) is 1.94. The lowest BCUT2D eigenvalue weighted by Crippen LogP contribution is -2.06. The number of carbonyl (C=O) groups excluding carboxylic acids is 2. The fourth-order valence-corrected chi connectivity index (χ4v) is 1.51. The number of aldehydes is 2. The van der Waals surface area contributed by atoms with Crippen molar-refractivity contribution in [3.63, 3.8) is 0 Å². The second kappa shape index (κ2) is 23.5. The van der Waals surface area contributed by atoms with Crippen LogP contribution in [0.2, 0.25) is 0 Å². The van der Waals surface area contributed by atoms with Crippen molar-refractivity contribution in [3.8, 4) is 5.75 Å².